The van der Waals surface area contributed by atoms with Gasteiger partial charge in [-0.25, -0.2) is 14.8 Å². The standard InChI is InChI=1S/C24H27N5O3/c1-24(2,3)32-23(31)28-15-17-6-4-5-16(13-17)14-27-21(30)19-9-7-18(8-10-19)20-11-12-26-22(25)29-20/h4-13H,14-15H2,1-3H3,(H,27,30)(H,28,31)(H2,25,26,29). The number of hydrogen-bond acceptors (Lipinski definition) is 6. The van der Waals surface area contributed by atoms with Crippen molar-refractivity contribution in [1.82, 2.24) is 20.6 Å². The molecule has 166 valence electrons. The van der Waals surface area contributed by atoms with Crippen LogP contribution in [0.4, 0.5) is 10.7 Å². The molecule has 0 aliphatic heterocycles. The average molecular weight is 434 g/mol. The zero-order valence-electron chi connectivity index (χ0n) is 18.4. The summed E-state index contributed by atoms with van der Waals surface area (Å²) in [6.07, 6.45) is 1.12. The van der Waals surface area contributed by atoms with Gasteiger partial charge in [0.15, 0.2) is 0 Å². The Kier molecular flexibility index (Phi) is 7.04. The molecule has 1 heterocycles. The molecule has 0 saturated carbocycles. The van der Waals surface area contributed by atoms with Crippen molar-refractivity contribution in [3.63, 3.8) is 0 Å². The second-order valence-electron chi connectivity index (χ2n) is 8.24. The van der Waals surface area contributed by atoms with Crippen molar-refractivity contribution in [2.24, 2.45) is 0 Å². The summed E-state index contributed by atoms with van der Waals surface area (Å²) < 4.78 is 5.24. The van der Waals surface area contributed by atoms with Gasteiger partial charge in [0, 0.05) is 30.4 Å². The SMILES string of the molecule is CC(C)(C)OC(=O)NCc1cccc(CNC(=O)c2ccc(-c3ccnc(N)n3)cc2)c1. The Morgan fingerprint density at radius 1 is 0.969 bits per heavy atom. The van der Waals surface area contributed by atoms with Crippen molar-refractivity contribution in [2.75, 3.05) is 5.73 Å². The highest BCUT2D eigenvalue weighted by molar-refractivity contribution is 5.94. The molecule has 1 aromatic heterocycles. The third kappa shape index (κ3) is 6.80. The van der Waals surface area contributed by atoms with Gasteiger partial charge in [0.2, 0.25) is 5.95 Å². The highest BCUT2D eigenvalue weighted by Gasteiger charge is 2.15. The molecule has 3 aromatic rings. The Hall–Kier alpha value is -3.94. The Morgan fingerprint density at radius 3 is 2.25 bits per heavy atom. The van der Waals surface area contributed by atoms with E-state index in [2.05, 4.69) is 20.6 Å². The van der Waals surface area contributed by atoms with Crippen molar-refractivity contribution in [2.45, 2.75) is 39.5 Å². The van der Waals surface area contributed by atoms with Gasteiger partial charge in [-0.2, -0.15) is 0 Å². The maximum absolute atomic E-state index is 12.5. The molecule has 0 atom stereocenters. The van der Waals surface area contributed by atoms with Crippen LogP contribution in [0.25, 0.3) is 11.3 Å². The maximum Gasteiger partial charge on any atom is 0.407 e. The predicted molar refractivity (Wildman–Crippen MR) is 123 cm³/mol. The van der Waals surface area contributed by atoms with Crippen LogP contribution in [0.5, 0.6) is 0 Å². The number of anilines is 1. The number of ether oxygens (including phenoxy) is 1. The van der Waals surface area contributed by atoms with E-state index in [4.69, 9.17) is 10.5 Å². The molecule has 8 nitrogen and oxygen atoms in total. The number of nitrogens with zero attached hydrogens (tertiary/aromatic N) is 2. The fourth-order valence-electron chi connectivity index (χ4n) is 2.95. The summed E-state index contributed by atoms with van der Waals surface area (Å²) >= 11 is 0. The lowest BCUT2D eigenvalue weighted by Gasteiger charge is -2.19. The van der Waals surface area contributed by atoms with Gasteiger partial charge in [-0.1, -0.05) is 36.4 Å². The number of nitrogens with one attached hydrogen (secondary N) is 2. The second kappa shape index (κ2) is 9.91. The molecule has 8 heteroatoms. The first-order valence-electron chi connectivity index (χ1n) is 10.2. The minimum atomic E-state index is -0.545. The summed E-state index contributed by atoms with van der Waals surface area (Å²) in [6, 6.07) is 16.5. The number of benzene rings is 2. The summed E-state index contributed by atoms with van der Waals surface area (Å²) in [4.78, 5) is 32.4. The average Bonchev–Trinajstić information content (AvgIpc) is 2.75. The summed E-state index contributed by atoms with van der Waals surface area (Å²) in [6.45, 7) is 6.15. The molecule has 2 amide bonds. The molecule has 0 radical (unpaired) electrons. The quantitative estimate of drug-likeness (QED) is 0.546. The smallest absolute Gasteiger partial charge is 0.407 e. The van der Waals surface area contributed by atoms with E-state index in [1.165, 1.54) is 0 Å². The molecule has 0 aliphatic rings. The number of carbonyl (C=O) groups is 2. The fraction of sp³-hybridized carbons (Fsp3) is 0.250. The minimum absolute atomic E-state index is 0.184. The van der Waals surface area contributed by atoms with Crippen LogP contribution in [0.3, 0.4) is 0 Å². The molecule has 2 aromatic carbocycles. The van der Waals surface area contributed by atoms with Crippen LogP contribution in [-0.4, -0.2) is 27.6 Å². The van der Waals surface area contributed by atoms with Crippen LogP contribution >= 0.6 is 0 Å². The maximum atomic E-state index is 12.5. The number of amides is 2. The lowest BCUT2D eigenvalue weighted by molar-refractivity contribution is 0.0523. The number of aromatic nitrogens is 2. The summed E-state index contributed by atoms with van der Waals surface area (Å²) in [5.74, 6) is 0.0175. The molecule has 0 unspecified atom stereocenters. The van der Waals surface area contributed by atoms with E-state index in [1.807, 2.05) is 57.2 Å². The van der Waals surface area contributed by atoms with Crippen molar-refractivity contribution < 1.29 is 14.3 Å². The van der Waals surface area contributed by atoms with Gasteiger partial charge in [-0.15, -0.1) is 0 Å². The minimum Gasteiger partial charge on any atom is -0.444 e. The van der Waals surface area contributed by atoms with Gasteiger partial charge in [0.25, 0.3) is 5.91 Å². The van der Waals surface area contributed by atoms with E-state index in [-0.39, 0.29) is 11.9 Å². The van der Waals surface area contributed by atoms with Crippen LogP contribution in [0, 0.1) is 0 Å². The molecule has 0 spiro atoms. The highest BCUT2D eigenvalue weighted by Crippen LogP contribution is 2.18. The first kappa shape index (κ1) is 22.7. The summed E-state index contributed by atoms with van der Waals surface area (Å²) in [5, 5.41) is 5.64. The zero-order valence-corrected chi connectivity index (χ0v) is 18.4. The largest absolute Gasteiger partial charge is 0.444 e. The molecule has 0 bridgehead atoms. The molecular formula is C24H27N5O3. The van der Waals surface area contributed by atoms with Gasteiger partial charge in [0.1, 0.15) is 5.60 Å². The monoisotopic (exact) mass is 433 g/mol. The zero-order chi connectivity index (χ0) is 23.1. The van der Waals surface area contributed by atoms with Crippen LogP contribution < -0.4 is 16.4 Å². The van der Waals surface area contributed by atoms with E-state index in [9.17, 15) is 9.59 Å². The predicted octanol–water partition coefficient (Wildman–Crippen LogP) is 3.68. The molecule has 0 saturated heterocycles. The fourth-order valence-corrected chi connectivity index (χ4v) is 2.95. The first-order chi connectivity index (χ1) is 15.2. The third-order valence-electron chi connectivity index (χ3n) is 4.40. The Bertz CT molecular complexity index is 1090. The van der Waals surface area contributed by atoms with Gasteiger partial charge >= 0.3 is 6.09 Å². The van der Waals surface area contributed by atoms with E-state index in [0.717, 1.165) is 16.7 Å². The van der Waals surface area contributed by atoms with Crippen LogP contribution in [0.1, 0.15) is 42.3 Å². The number of hydrogen-bond donors (Lipinski definition) is 3. The van der Waals surface area contributed by atoms with Crippen molar-refractivity contribution in [1.29, 1.82) is 0 Å². The van der Waals surface area contributed by atoms with Gasteiger partial charge in [-0.3, -0.25) is 4.79 Å². The summed E-state index contributed by atoms with van der Waals surface area (Å²) in [5.41, 5.74) is 9.00. The lowest BCUT2D eigenvalue weighted by atomic mass is 10.1. The number of nitrogen functional groups attached to an aromatic ring is 1. The van der Waals surface area contributed by atoms with E-state index in [0.29, 0.717) is 24.3 Å². The van der Waals surface area contributed by atoms with E-state index < -0.39 is 11.7 Å². The molecule has 3 rings (SSSR count). The molecule has 0 fully saturated rings. The first-order valence-corrected chi connectivity index (χ1v) is 10.2. The number of alkyl carbamates (subject to hydrolysis) is 1. The van der Waals surface area contributed by atoms with Crippen LogP contribution in [0.15, 0.2) is 60.8 Å². The van der Waals surface area contributed by atoms with E-state index in [1.54, 1.807) is 24.4 Å². The van der Waals surface area contributed by atoms with Crippen molar-refractivity contribution >= 4 is 17.9 Å². The number of carbonyl (C=O) groups excluding carboxylic acids is 2. The van der Waals surface area contributed by atoms with Crippen molar-refractivity contribution in [3.8, 4) is 11.3 Å². The van der Waals surface area contributed by atoms with Gasteiger partial charge in [0.05, 0.1) is 5.69 Å². The topological polar surface area (TPSA) is 119 Å². The number of nitrogens with two attached hydrogens (primary N) is 1. The number of rotatable bonds is 6. The normalized spacial score (nSPS) is 11.0. The highest BCUT2D eigenvalue weighted by atomic mass is 16.6. The van der Waals surface area contributed by atoms with Gasteiger partial charge < -0.3 is 21.1 Å². The molecule has 4 N–H and O–H groups in total. The molecular weight excluding hydrogens is 406 g/mol. The van der Waals surface area contributed by atoms with Crippen molar-refractivity contribution in [3.05, 3.63) is 77.5 Å². The second-order valence-corrected chi connectivity index (χ2v) is 8.24. The van der Waals surface area contributed by atoms with Crippen LogP contribution in [-0.2, 0) is 17.8 Å². The van der Waals surface area contributed by atoms with Crippen LogP contribution in [0.2, 0.25) is 0 Å². The Morgan fingerprint density at radius 2 is 1.62 bits per heavy atom. The van der Waals surface area contributed by atoms with Gasteiger partial charge in [-0.05, 0) is 50.1 Å². The molecule has 32 heavy (non-hydrogen) atoms. The lowest BCUT2D eigenvalue weighted by Crippen LogP contribution is -2.32. The third-order valence-corrected chi connectivity index (χ3v) is 4.40. The van der Waals surface area contributed by atoms with E-state index >= 15 is 0 Å². The Balaban J connectivity index is 1.54. The molecule has 0 aliphatic carbocycles. The Labute approximate surface area is 187 Å². The summed E-state index contributed by atoms with van der Waals surface area (Å²) in [7, 11) is 0.